The zero-order valence-electron chi connectivity index (χ0n) is 10.8. The molecule has 0 amide bonds. The quantitative estimate of drug-likeness (QED) is 0.677. The molecule has 0 unspecified atom stereocenters. The van der Waals surface area contributed by atoms with Gasteiger partial charge in [0.25, 0.3) is 0 Å². The van der Waals surface area contributed by atoms with Gasteiger partial charge in [0.2, 0.25) is 6.29 Å². The van der Waals surface area contributed by atoms with E-state index in [1.165, 1.54) is 6.33 Å². The first-order chi connectivity index (χ1) is 10.3. The van der Waals surface area contributed by atoms with E-state index >= 15 is 0 Å². The maximum absolute atomic E-state index is 6.00. The molecule has 0 aliphatic carbocycles. The topological polar surface area (TPSA) is 75.2 Å². The molecule has 3 aromatic rings. The lowest BCUT2D eigenvalue weighted by molar-refractivity contribution is -0.208. The highest BCUT2D eigenvalue weighted by Gasteiger charge is 2.27. The Bertz CT molecular complexity index is 750. The zero-order valence-corrected chi connectivity index (χ0v) is 11.6. The van der Waals surface area contributed by atoms with Crippen LogP contribution in [-0.4, -0.2) is 32.7 Å². The second kappa shape index (κ2) is 5.10. The number of halogens is 1. The van der Waals surface area contributed by atoms with Gasteiger partial charge >= 0.3 is 0 Å². The smallest absolute Gasteiger partial charge is 0.217 e. The molecular formula is C13H11ClN4O3. The van der Waals surface area contributed by atoms with Gasteiger partial charge in [-0.25, -0.2) is 15.0 Å². The van der Waals surface area contributed by atoms with Crippen LogP contribution in [0.15, 0.2) is 35.5 Å². The first-order valence-electron chi connectivity index (χ1n) is 6.42. The first kappa shape index (κ1) is 12.8. The lowest BCUT2D eigenvalue weighted by Crippen LogP contribution is -2.29. The Labute approximate surface area is 124 Å². The molecule has 0 radical (unpaired) electrons. The number of rotatable bonds is 2. The van der Waals surface area contributed by atoms with Crippen LogP contribution in [0.3, 0.4) is 0 Å². The SMILES string of the molecule is Clc1ncnc2c1ncn2C1COC(c2ccco2)OC1. The molecule has 1 aliphatic heterocycles. The molecule has 1 aliphatic rings. The van der Waals surface area contributed by atoms with Gasteiger partial charge in [0, 0.05) is 0 Å². The lowest BCUT2D eigenvalue weighted by atomic mass is 10.3. The van der Waals surface area contributed by atoms with Crippen molar-refractivity contribution in [3.63, 3.8) is 0 Å². The Morgan fingerprint density at radius 3 is 2.81 bits per heavy atom. The molecule has 21 heavy (non-hydrogen) atoms. The van der Waals surface area contributed by atoms with Crippen LogP contribution < -0.4 is 0 Å². The van der Waals surface area contributed by atoms with E-state index in [0.717, 1.165) is 0 Å². The minimum atomic E-state index is -0.468. The van der Waals surface area contributed by atoms with Gasteiger partial charge in [0.15, 0.2) is 16.6 Å². The Kier molecular flexibility index (Phi) is 3.10. The molecule has 3 aromatic heterocycles. The van der Waals surface area contributed by atoms with Gasteiger partial charge in [-0.05, 0) is 12.1 Å². The molecule has 0 saturated carbocycles. The second-order valence-corrected chi connectivity index (χ2v) is 5.01. The summed E-state index contributed by atoms with van der Waals surface area (Å²) in [5, 5.41) is 0.338. The summed E-state index contributed by atoms with van der Waals surface area (Å²) in [6.07, 6.45) is 4.22. The van der Waals surface area contributed by atoms with E-state index in [1.54, 1.807) is 18.7 Å². The standard InChI is InChI=1S/C13H11ClN4O3/c14-11-10-12(16-6-15-11)18(7-17-10)8-4-20-13(21-5-8)9-2-1-3-19-9/h1-3,6-8,13H,4-5H2. The number of nitrogens with zero attached hydrogens (tertiary/aromatic N) is 4. The van der Waals surface area contributed by atoms with Crippen LogP contribution in [0.25, 0.3) is 11.2 Å². The van der Waals surface area contributed by atoms with Gasteiger partial charge in [0.1, 0.15) is 11.8 Å². The van der Waals surface area contributed by atoms with Crippen LogP contribution in [0, 0.1) is 0 Å². The minimum absolute atomic E-state index is 0.0211. The molecule has 0 N–H and O–H groups in total. The van der Waals surface area contributed by atoms with Crippen molar-refractivity contribution >= 4 is 22.8 Å². The van der Waals surface area contributed by atoms with E-state index in [4.69, 9.17) is 25.5 Å². The zero-order chi connectivity index (χ0) is 14.2. The molecule has 8 heteroatoms. The van der Waals surface area contributed by atoms with Gasteiger partial charge in [-0.2, -0.15) is 0 Å². The van der Waals surface area contributed by atoms with E-state index in [9.17, 15) is 0 Å². The number of imidazole rings is 1. The van der Waals surface area contributed by atoms with E-state index in [0.29, 0.717) is 35.3 Å². The number of aromatic nitrogens is 4. The van der Waals surface area contributed by atoms with Crippen molar-refractivity contribution < 1.29 is 13.9 Å². The third kappa shape index (κ3) is 2.19. The molecule has 4 heterocycles. The Hall–Kier alpha value is -1.96. The summed E-state index contributed by atoms with van der Waals surface area (Å²) < 4.78 is 18.6. The largest absolute Gasteiger partial charge is 0.464 e. The van der Waals surface area contributed by atoms with Crippen LogP contribution in [-0.2, 0) is 9.47 Å². The number of fused-ring (bicyclic) bond motifs is 1. The molecule has 108 valence electrons. The van der Waals surface area contributed by atoms with Crippen molar-refractivity contribution in [1.82, 2.24) is 19.5 Å². The summed E-state index contributed by atoms with van der Waals surface area (Å²) in [6.45, 7) is 0.941. The highest BCUT2D eigenvalue weighted by atomic mass is 35.5. The number of hydrogen-bond acceptors (Lipinski definition) is 6. The van der Waals surface area contributed by atoms with Crippen molar-refractivity contribution in [2.75, 3.05) is 13.2 Å². The highest BCUT2D eigenvalue weighted by Crippen LogP contribution is 2.29. The van der Waals surface area contributed by atoms with Crippen LogP contribution in [0.5, 0.6) is 0 Å². The number of furan rings is 1. The molecule has 0 bridgehead atoms. The van der Waals surface area contributed by atoms with Crippen LogP contribution >= 0.6 is 11.6 Å². The van der Waals surface area contributed by atoms with Crippen molar-refractivity contribution in [3.05, 3.63) is 42.0 Å². The highest BCUT2D eigenvalue weighted by molar-refractivity contribution is 6.33. The Morgan fingerprint density at radius 2 is 2.05 bits per heavy atom. The number of ether oxygens (including phenoxy) is 2. The summed E-state index contributed by atoms with van der Waals surface area (Å²) in [5.74, 6) is 0.661. The van der Waals surface area contributed by atoms with Crippen molar-refractivity contribution in [2.45, 2.75) is 12.3 Å². The predicted molar refractivity (Wildman–Crippen MR) is 72.7 cm³/mol. The first-order valence-corrected chi connectivity index (χ1v) is 6.80. The normalized spacial score (nSPS) is 22.7. The maximum atomic E-state index is 6.00. The monoisotopic (exact) mass is 306 g/mol. The van der Waals surface area contributed by atoms with Crippen molar-refractivity contribution in [1.29, 1.82) is 0 Å². The Balaban J connectivity index is 1.56. The average molecular weight is 307 g/mol. The van der Waals surface area contributed by atoms with Crippen molar-refractivity contribution in [2.24, 2.45) is 0 Å². The fourth-order valence-electron chi connectivity index (χ4n) is 2.33. The van der Waals surface area contributed by atoms with Gasteiger partial charge in [-0.15, -0.1) is 0 Å². The molecule has 0 aromatic carbocycles. The third-order valence-corrected chi connectivity index (χ3v) is 3.64. The molecular weight excluding hydrogens is 296 g/mol. The molecule has 4 rings (SSSR count). The van der Waals surface area contributed by atoms with E-state index < -0.39 is 6.29 Å². The lowest BCUT2D eigenvalue weighted by Gasteiger charge is -2.29. The van der Waals surface area contributed by atoms with Gasteiger partial charge in [-0.3, -0.25) is 0 Å². The molecule has 1 fully saturated rings. The van der Waals surface area contributed by atoms with Gasteiger partial charge in [-0.1, -0.05) is 11.6 Å². The summed E-state index contributed by atoms with van der Waals surface area (Å²) in [7, 11) is 0. The summed E-state index contributed by atoms with van der Waals surface area (Å²) >= 11 is 6.00. The third-order valence-electron chi connectivity index (χ3n) is 3.36. The average Bonchev–Trinajstić information content (AvgIpc) is 3.18. The van der Waals surface area contributed by atoms with Crippen LogP contribution in [0.2, 0.25) is 5.15 Å². The number of hydrogen-bond donors (Lipinski definition) is 0. The Morgan fingerprint density at radius 1 is 1.19 bits per heavy atom. The summed E-state index contributed by atoms with van der Waals surface area (Å²) in [5.41, 5.74) is 1.25. The molecule has 0 spiro atoms. The van der Waals surface area contributed by atoms with E-state index in [1.807, 2.05) is 10.6 Å². The van der Waals surface area contributed by atoms with E-state index in [2.05, 4.69) is 15.0 Å². The van der Waals surface area contributed by atoms with Gasteiger partial charge in [0.05, 0.1) is 31.8 Å². The summed E-state index contributed by atoms with van der Waals surface area (Å²) in [4.78, 5) is 12.4. The minimum Gasteiger partial charge on any atom is -0.464 e. The molecule has 1 saturated heterocycles. The van der Waals surface area contributed by atoms with E-state index in [-0.39, 0.29) is 6.04 Å². The molecule has 7 nitrogen and oxygen atoms in total. The maximum Gasteiger partial charge on any atom is 0.217 e. The predicted octanol–water partition coefficient (Wildman–Crippen LogP) is 2.36. The van der Waals surface area contributed by atoms with Crippen LogP contribution in [0.4, 0.5) is 0 Å². The van der Waals surface area contributed by atoms with Crippen molar-refractivity contribution in [3.8, 4) is 0 Å². The fourth-order valence-corrected chi connectivity index (χ4v) is 2.51. The fraction of sp³-hybridized carbons (Fsp3) is 0.308. The van der Waals surface area contributed by atoms with Gasteiger partial charge < -0.3 is 18.5 Å². The molecule has 0 atom stereocenters. The van der Waals surface area contributed by atoms with Crippen LogP contribution in [0.1, 0.15) is 18.1 Å². The summed E-state index contributed by atoms with van der Waals surface area (Å²) in [6, 6.07) is 3.60. The second-order valence-electron chi connectivity index (χ2n) is 4.66.